The van der Waals surface area contributed by atoms with E-state index in [0.29, 0.717) is 0 Å². The lowest BCUT2D eigenvalue weighted by atomic mass is 10.3. The summed E-state index contributed by atoms with van der Waals surface area (Å²) in [5.41, 5.74) is 0.972. The number of rotatable bonds is 5. The molecule has 0 radical (unpaired) electrons. The molecule has 0 heterocycles. The minimum Gasteiger partial charge on any atom is -0.328 e. The number of hydrogen-bond donors (Lipinski definition) is 0. The second kappa shape index (κ2) is 5.03. The summed E-state index contributed by atoms with van der Waals surface area (Å²) in [6.45, 7) is 14.5. The predicted molar refractivity (Wildman–Crippen MR) is 60.2 cm³/mol. The second-order valence-corrected chi connectivity index (χ2v) is 7.59. The average molecular weight is 188 g/mol. The maximum atomic E-state index is 2.48. The summed E-state index contributed by atoms with van der Waals surface area (Å²) in [6.07, 6.45) is 1.36. The van der Waals surface area contributed by atoms with Crippen molar-refractivity contribution in [2.45, 2.75) is 46.0 Å². The van der Waals surface area contributed by atoms with Gasteiger partial charge in [0.1, 0.15) is 8.80 Å². The molecule has 1 unspecified atom stereocenters. The molecule has 0 aliphatic carbocycles. The smallest absolute Gasteiger partial charge is 0.102 e. The third kappa shape index (κ3) is 2.59. The van der Waals surface area contributed by atoms with Crippen LogP contribution >= 0.6 is 0 Å². The molecule has 0 aromatic carbocycles. The molecule has 0 saturated carbocycles. The molecule has 0 saturated heterocycles. The molecule has 0 aromatic heterocycles. The zero-order chi connectivity index (χ0) is 9.78. The molecule has 0 bridgehead atoms. The van der Waals surface area contributed by atoms with Crippen molar-refractivity contribution in [1.82, 2.24) is 0 Å². The zero-order valence-electron chi connectivity index (χ0n) is 9.72. The zero-order valence-corrected chi connectivity index (χ0v) is 10.9. The van der Waals surface area contributed by atoms with Gasteiger partial charge in [0.15, 0.2) is 0 Å². The van der Waals surface area contributed by atoms with Gasteiger partial charge in [-0.15, -0.1) is 0 Å². The van der Waals surface area contributed by atoms with Crippen LogP contribution in [0.3, 0.4) is 0 Å². The first kappa shape index (κ1) is 12.2. The van der Waals surface area contributed by atoms with E-state index >= 15 is 0 Å². The van der Waals surface area contributed by atoms with Gasteiger partial charge in [0.05, 0.1) is 25.8 Å². The van der Waals surface area contributed by atoms with Crippen molar-refractivity contribution in [3.8, 4) is 0 Å². The fourth-order valence-electron chi connectivity index (χ4n) is 2.32. The topological polar surface area (TPSA) is 0 Å². The summed E-state index contributed by atoms with van der Waals surface area (Å²) in [5.74, 6) is 0. The van der Waals surface area contributed by atoms with Crippen molar-refractivity contribution in [3.63, 3.8) is 0 Å². The molecule has 12 heavy (non-hydrogen) atoms. The van der Waals surface area contributed by atoms with E-state index < -0.39 is 8.80 Å². The van der Waals surface area contributed by atoms with Crippen molar-refractivity contribution >= 4 is 8.80 Å². The number of nitrogens with zero attached hydrogens (tertiary/aromatic N) is 1. The normalized spacial score (nSPS) is 15.2. The van der Waals surface area contributed by atoms with Crippen molar-refractivity contribution in [3.05, 3.63) is 0 Å². The molecule has 0 amide bonds. The van der Waals surface area contributed by atoms with Gasteiger partial charge in [-0.2, -0.15) is 0 Å². The molecule has 0 aliphatic heterocycles. The number of hydrogen-bond acceptors (Lipinski definition) is 0. The summed E-state index contributed by atoms with van der Waals surface area (Å²) in [6, 6.07) is 0. The first-order valence-corrected chi connectivity index (χ1v) is 8.33. The summed E-state index contributed by atoms with van der Waals surface area (Å²) >= 11 is 0. The standard InChI is InChI=1S/C10H26NSi/c1-7-10(12(5)6)11(4,8-2)9-3/h10,12H,7-9H2,1-6H3/q+1. The Bertz CT molecular complexity index is 119. The SMILES string of the molecule is CCC([SiH](C)C)[N+](C)(CC)CC. The fraction of sp³-hybridized carbons (Fsp3) is 1.00. The Morgan fingerprint density at radius 2 is 1.50 bits per heavy atom. The molecule has 2 heteroatoms. The molecule has 0 spiro atoms. The van der Waals surface area contributed by atoms with Crippen LogP contribution < -0.4 is 0 Å². The Labute approximate surface area is 80.0 Å². The van der Waals surface area contributed by atoms with Gasteiger partial charge in [-0.3, -0.25) is 0 Å². The molecule has 0 rings (SSSR count). The first-order chi connectivity index (χ1) is 5.51. The minimum absolute atomic E-state index is 0.474. The quantitative estimate of drug-likeness (QED) is 0.459. The first-order valence-electron chi connectivity index (χ1n) is 5.36. The van der Waals surface area contributed by atoms with E-state index in [1.54, 1.807) is 0 Å². The van der Waals surface area contributed by atoms with Crippen LogP contribution in [-0.2, 0) is 0 Å². The van der Waals surface area contributed by atoms with Crippen LogP contribution in [-0.4, -0.2) is 39.1 Å². The highest BCUT2D eigenvalue weighted by atomic mass is 28.3. The van der Waals surface area contributed by atoms with E-state index in [1.165, 1.54) is 24.0 Å². The Balaban J connectivity index is 4.43. The molecular formula is C10H26NSi+. The van der Waals surface area contributed by atoms with E-state index in [2.05, 4.69) is 40.9 Å². The Morgan fingerprint density at radius 1 is 1.08 bits per heavy atom. The second-order valence-electron chi connectivity index (χ2n) is 4.33. The molecule has 0 aliphatic rings. The van der Waals surface area contributed by atoms with E-state index in [-0.39, 0.29) is 0 Å². The summed E-state index contributed by atoms with van der Waals surface area (Å²) in [5, 5.41) is 0. The van der Waals surface area contributed by atoms with E-state index in [4.69, 9.17) is 0 Å². The van der Waals surface area contributed by atoms with Crippen LogP contribution in [0, 0.1) is 0 Å². The van der Waals surface area contributed by atoms with Crippen molar-refractivity contribution in [2.75, 3.05) is 20.1 Å². The van der Waals surface area contributed by atoms with Gasteiger partial charge in [-0.25, -0.2) is 0 Å². The lowest BCUT2D eigenvalue weighted by molar-refractivity contribution is -0.918. The predicted octanol–water partition coefficient (Wildman–Crippen LogP) is 2.28. The highest BCUT2D eigenvalue weighted by Gasteiger charge is 2.30. The van der Waals surface area contributed by atoms with Gasteiger partial charge in [-0.05, 0) is 20.3 Å². The van der Waals surface area contributed by atoms with Crippen molar-refractivity contribution < 1.29 is 4.48 Å². The minimum atomic E-state index is -0.474. The van der Waals surface area contributed by atoms with Gasteiger partial charge in [0.25, 0.3) is 0 Å². The van der Waals surface area contributed by atoms with E-state index in [1.807, 2.05) is 0 Å². The van der Waals surface area contributed by atoms with Crippen LogP contribution in [0.1, 0.15) is 27.2 Å². The lowest BCUT2D eigenvalue weighted by Crippen LogP contribution is -2.56. The fourth-order valence-corrected chi connectivity index (χ4v) is 5.13. The Kier molecular flexibility index (Phi) is 5.10. The van der Waals surface area contributed by atoms with E-state index in [0.717, 1.165) is 5.67 Å². The Hall–Kier alpha value is 0.177. The van der Waals surface area contributed by atoms with Crippen molar-refractivity contribution in [1.29, 1.82) is 0 Å². The highest BCUT2D eigenvalue weighted by Crippen LogP contribution is 2.15. The molecule has 1 nitrogen and oxygen atoms in total. The van der Waals surface area contributed by atoms with Gasteiger partial charge < -0.3 is 4.48 Å². The van der Waals surface area contributed by atoms with Crippen LogP contribution in [0.2, 0.25) is 13.1 Å². The van der Waals surface area contributed by atoms with Gasteiger partial charge in [-0.1, -0.05) is 20.0 Å². The summed E-state index contributed by atoms with van der Waals surface area (Å²) < 4.78 is 1.29. The third-order valence-corrected chi connectivity index (χ3v) is 6.16. The van der Waals surface area contributed by atoms with Crippen LogP contribution in [0.4, 0.5) is 0 Å². The van der Waals surface area contributed by atoms with Gasteiger partial charge in [0.2, 0.25) is 0 Å². The van der Waals surface area contributed by atoms with E-state index in [9.17, 15) is 0 Å². The molecule has 0 aromatic rings. The molecule has 0 fully saturated rings. The van der Waals surface area contributed by atoms with Crippen molar-refractivity contribution in [2.24, 2.45) is 0 Å². The molecule has 0 N–H and O–H groups in total. The maximum absolute atomic E-state index is 2.48. The van der Waals surface area contributed by atoms with Gasteiger partial charge in [0, 0.05) is 0 Å². The summed E-state index contributed by atoms with van der Waals surface area (Å²) in [4.78, 5) is 0. The highest BCUT2D eigenvalue weighted by molar-refractivity contribution is 6.57. The van der Waals surface area contributed by atoms with Crippen LogP contribution in [0.25, 0.3) is 0 Å². The van der Waals surface area contributed by atoms with Crippen LogP contribution in [0.15, 0.2) is 0 Å². The monoisotopic (exact) mass is 188 g/mol. The largest absolute Gasteiger partial charge is 0.328 e. The molecule has 74 valence electrons. The summed E-state index contributed by atoms with van der Waals surface area (Å²) in [7, 11) is 1.94. The molecule has 1 atom stereocenters. The van der Waals surface area contributed by atoms with Gasteiger partial charge >= 0.3 is 0 Å². The average Bonchev–Trinajstić information content (AvgIpc) is 2.04. The number of quaternary nitrogens is 1. The maximum Gasteiger partial charge on any atom is 0.102 e. The lowest BCUT2D eigenvalue weighted by Gasteiger charge is -2.42. The van der Waals surface area contributed by atoms with Crippen LogP contribution in [0.5, 0.6) is 0 Å². The third-order valence-electron chi connectivity index (χ3n) is 3.43. The molecular weight excluding hydrogens is 162 g/mol. The Morgan fingerprint density at radius 3 is 1.58 bits per heavy atom.